The molecule has 2 aromatic heterocycles. The van der Waals surface area contributed by atoms with E-state index in [0.717, 1.165) is 11.3 Å². The first-order chi connectivity index (χ1) is 9.11. The lowest BCUT2D eigenvalue weighted by atomic mass is 10.2. The number of carbonyl (C=O) groups excluding carboxylic acids is 1. The molecule has 0 spiro atoms. The molecule has 0 unspecified atom stereocenters. The fourth-order valence-electron chi connectivity index (χ4n) is 1.55. The van der Waals surface area contributed by atoms with Crippen LogP contribution in [-0.2, 0) is 4.74 Å². The molecule has 0 aliphatic heterocycles. The molecule has 0 aliphatic carbocycles. The van der Waals surface area contributed by atoms with Crippen LogP contribution in [0, 0.1) is 13.8 Å². The fourth-order valence-corrected chi connectivity index (χ4v) is 1.55. The van der Waals surface area contributed by atoms with E-state index >= 15 is 0 Å². The van der Waals surface area contributed by atoms with Gasteiger partial charge in [-0.15, -0.1) is 0 Å². The summed E-state index contributed by atoms with van der Waals surface area (Å²) in [6.07, 6.45) is 4.82. The number of nitrogens with one attached hydrogen (secondary N) is 1. The largest absolute Gasteiger partial charge is 0.465 e. The lowest BCUT2D eigenvalue weighted by molar-refractivity contribution is 0.0601. The molecule has 0 fully saturated rings. The van der Waals surface area contributed by atoms with Crippen LogP contribution in [0.1, 0.15) is 21.7 Å². The molecular formula is C13H14N4O2. The topological polar surface area (TPSA) is 77.0 Å². The molecular weight excluding hydrogens is 244 g/mol. The fraction of sp³-hybridized carbons (Fsp3) is 0.231. The molecule has 2 rings (SSSR count). The van der Waals surface area contributed by atoms with E-state index in [9.17, 15) is 4.79 Å². The van der Waals surface area contributed by atoms with Crippen LogP contribution in [0.5, 0.6) is 0 Å². The molecule has 0 saturated carbocycles. The molecule has 2 aromatic rings. The second-order valence-electron chi connectivity index (χ2n) is 3.99. The van der Waals surface area contributed by atoms with E-state index in [0.29, 0.717) is 11.6 Å². The predicted molar refractivity (Wildman–Crippen MR) is 70.4 cm³/mol. The van der Waals surface area contributed by atoms with Crippen LogP contribution in [0.3, 0.4) is 0 Å². The van der Waals surface area contributed by atoms with Gasteiger partial charge in [0.2, 0.25) is 0 Å². The van der Waals surface area contributed by atoms with Gasteiger partial charge in [0.1, 0.15) is 17.2 Å². The molecule has 0 radical (unpaired) electrons. The highest BCUT2D eigenvalue weighted by Gasteiger charge is 2.15. The third-order valence-corrected chi connectivity index (χ3v) is 2.61. The van der Waals surface area contributed by atoms with E-state index in [-0.39, 0.29) is 5.56 Å². The molecule has 19 heavy (non-hydrogen) atoms. The number of aromatic nitrogens is 3. The maximum atomic E-state index is 11.7. The number of pyridine rings is 1. The molecule has 6 nitrogen and oxygen atoms in total. The number of hydrogen-bond acceptors (Lipinski definition) is 6. The van der Waals surface area contributed by atoms with Crippen molar-refractivity contribution in [2.24, 2.45) is 0 Å². The standard InChI is InChI=1S/C13H14N4O2/c1-8-4-5-14-7-11(8)17-12-10(13(18)19-3)6-15-9(2)16-12/h4-7H,1-3H3,(H,15,16,17). The Morgan fingerprint density at radius 1 is 1.32 bits per heavy atom. The molecule has 98 valence electrons. The number of rotatable bonds is 3. The summed E-state index contributed by atoms with van der Waals surface area (Å²) >= 11 is 0. The smallest absolute Gasteiger partial charge is 0.343 e. The van der Waals surface area contributed by atoms with Crippen LogP contribution in [0.2, 0.25) is 0 Å². The van der Waals surface area contributed by atoms with Gasteiger partial charge in [-0.2, -0.15) is 0 Å². The Morgan fingerprint density at radius 3 is 2.79 bits per heavy atom. The molecule has 6 heteroatoms. The van der Waals surface area contributed by atoms with Crippen LogP contribution in [0.25, 0.3) is 0 Å². The lowest BCUT2D eigenvalue weighted by Crippen LogP contribution is -2.09. The number of anilines is 2. The molecule has 1 N–H and O–H groups in total. The van der Waals surface area contributed by atoms with Gasteiger partial charge < -0.3 is 10.1 Å². The number of nitrogens with zero attached hydrogens (tertiary/aromatic N) is 3. The average Bonchev–Trinajstić information content (AvgIpc) is 2.41. The summed E-state index contributed by atoms with van der Waals surface area (Å²) in [6, 6.07) is 1.87. The van der Waals surface area contributed by atoms with Crippen molar-refractivity contribution in [3.05, 3.63) is 41.6 Å². The number of esters is 1. The Bertz CT molecular complexity index is 613. The third kappa shape index (κ3) is 2.85. The first kappa shape index (κ1) is 12.9. The number of aryl methyl sites for hydroxylation is 2. The van der Waals surface area contributed by atoms with Crippen LogP contribution in [-0.4, -0.2) is 28.0 Å². The molecule has 0 atom stereocenters. The second kappa shape index (κ2) is 5.43. The van der Waals surface area contributed by atoms with Crippen molar-refractivity contribution in [1.29, 1.82) is 0 Å². The summed E-state index contributed by atoms with van der Waals surface area (Å²) in [6.45, 7) is 3.69. The van der Waals surface area contributed by atoms with Gasteiger partial charge in [0.25, 0.3) is 0 Å². The van der Waals surface area contributed by atoms with E-state index in [1.807, 2.05) is 13.0 Å². The van der Waals surface area contributed by atoms with E-state index in [1.165, 1.54) is 13.3 Å². The van der Waals surface area contributed by atoms with E-state index in [2.05, 4.69) is 20.3 Å². The molecule has 0 amide bonds. The molecule has 0 aromatic carbocycles. The van der Waals surface area contributed by atoms with Crippen molar-refractivity contribution in [2.45, 2.75) is 13.8 Å². The molecule has 0 saturated heterocycles. The molecule has 2 heterocycles. The maximum absolute atomic E-state index is 11.7. The predicted octanol–water partition coefficient (Wildman–Crippen LogP) is 2.02. The number of hydrogen-bond donors (Lipinski definition) is 1. The Hall–Kier alpha value is -2.50. The Morgan fingerprint density at radius 2 is 2.11 bits per heavy atom. The van der Waals surface area contributed by atoms with Crippen molar-refractivity contribution in [3.63, 3.8) is 0 Å². The van der Waals surface area contributed by atoms with E-state index in [4.69, 9.17) is 4.74 Å². The van der Waals surface area contributed by atoms with Crippen LogP contribution in [0.4, 0.5) is 11.5 Å². The highest BCUT2D eigenvalue weighted by Crippen LogP contribution is 2.21. The molecule has 0 bridgehead atoms. The minimum absolute atomic E-state index is 0.288. The highest BCUT2D eigenvalue weighted by atomic mass is 16.5. The lowest BCUT2D eigenvalue weighted by Gasteiger charge is -2.11. The Kier molecular flexibility index (Phi) is 3.70. The minimum Gasteiger partial charge on any atom is -0.465 e. The number of methoxy groups -OCH3 is 1. The minimum atomic E-state index is -0.482. The van der Waals surface area contributed by atoms with Gasteiger partial charge in [-0.1, -0.05) is 0 Å². The average molecular weight is 258 g/mol. The van der Waals surface area contributed by atoms with Gasteiger partial charge in [-0.3, -0.25) is 4.98 Å². The van der Waals surface area contributed by atoms with Gasteiger partial charge in [0, 0.05) is 12.4 Å². The van der Waals surface area contributed by atoms with Crippen LogP contribution >= 0.6 is 0 Å². The summed E-state index contributed by atoms with van der Waals surface area (Å²) in [7, 11) is 1.32. The highest BCUT2D eigenvalue weighted by molar-refractivity contribution is 5.95. The second-order valence-corrected chi connectivity index (χ2v) is 3.99. The van der Waals surface area contributed by atoms with Crippen molar-refractivity contribution in [2.75, 3.05) is 12.4 Å². The number of ether oxygens (including phenoxy) is 1. The van der Waals surface area contributed by atoms with E-state index < -0.39 is 5.97 Å². The third-order valence-electron chi connectivity index (χ3n) is 2.61. The number of carbonyl (C=O) groups is 1. The van der Waals surface area contributed by atoms with Gasteiger partial charge in [-0.05, 0) is 25.5 Å². The van der Waals surface area contributed by atoms with Crippen molar-refractivity contribution in [1.82, 2.24) is 15.0 Å². The quantitative estimate of drug-likeness (QED) is 0.849. The first-order valence-electron chi connectivity index (χ1n) is 5.71. The summed E-state index contributed by atoms with van der Waals surface area (Å²) in [5.74, 6) is 0.496. The van der Waals surface area contributed by atoms with Gasteiger partial charge in [-0.25, -0.2) is 14.8 Å². The summed E-state index contributed by atoms with van der Waals surface area (Å²) < 4.78 is 4.71. The Balaban J connectivity index is 2.41. The van der Waals surface area contributed by atoms with Gasteiger partial charge in [0.15, 0.2) is 0 Å². The summed E-state index contributed by atoms with van der Waals surface area (Å²) in [4.78, 5) is 23.9. The first-order valence-corrected chi connectivity index (χ1v) is 5.71. The zero-order valence-electron chi connectivity index (χ0n) is 11.0. The SMILES string of the molecule is COC(=O)c1cnc(C)nc1Nc1cnccc1C. The zero-order chi connectivity index (χ0) is 13.8. The monoisotopic (exact) mass is 258 g/mol. The van der Waals surface area contributed by atoms with Crippen LogP contribution < -0.4 is 5.32 Å². The van der Waals surface area contributed by atoms with E-state index in [1.54, 1.807) is 19.3 Å². The van der Waals surface area contributed by atoms with Crippen molar-refractivity contribution >= 4 is 17.5 Å². The summed E-state index contributed by atoms with van der Waals surface area (Å²) in [5, 5.41) is 3.08. The zero-order valence-corrected chi connectivity index (χ0v) is 11.0. The van der Waals surface area contributed by atoms with Crippen molar-refractivity contribution in [3.8, 4) is 0 Å². The maximum Gasteiger partial charge on any atom is 0.343 e. The normalized spacial score (nSPS) is 10.1. The summed E-state index contributed by atoms with van der Waals surface area (Å²) in [5.41, 5.74) is 2.07. The van der Waals surface area contributed by atoms with Gasteiger partial charge in [0.05, 0.1) is 19.0 Å². The van der Waals surface area contributed by atoms with Crippen LogP contribution in [0.15, 0.2) is 24.7 Å². The molecule has 0 aliphatic rings. The van der Waals surface area contributed by atoms with Crippen molar-refractivity contribution < 1.29 is 9.53 Å². The van der Waals surface area contributed by atoms with Gasteiger partial charge >= 0.3 is 5.97 Å². The Labute approximate surface area is 110 Å².